The van der Waals surface area contributed by atoms with E-state index >= 15 is 0 Å². The maximum atomic E-state index is 13.5. The van der Waals surface area contributed by atoms with Crippen LogP contribution in [0.15, 0.2) is 12.1 Å². The molecule has 0 N–H and O–H groups in total. The number of rotatable bonds is 2. The Hall–Kier alpha value is -1.09. The first-order chi connectivity index (χ1) is 11.5. The Balaban J connectivity index is 2.06. The molecule has 1 aliphatic rings. The largest absolute Gasteiger partial charge is 0.444 e. The van der Waals surface area contributed by atoms with Crippen LogP contribution in [-0.2, 0) is 4.74 Å². The normalized spacial score (nSPS) is 17.6. The van der Waals surface area contributed by atoms with Gasteiger partial charge < -0.3 is 14.5 Å². The van der Waals surface area contributed by atoms with Crippen molar-refractivity contribution in [1.29, 1.82) is 0 Å². The van der Waals surface area contributed by atoms with Crippen LogP contribution in [0.25, 0.3) is 0 Å². The van der Waals surface area contributed by atoms with Gasteiger partial charge in [0.25, 0.3) is 5.91 Å². The lowest BCUT2D eigenvalue weighted by atomic mass is 10.2. The molecule has 0 bridgehead atoms. The molecule has 0 aliphatic carbocycles. The summed E-state index contributed by atoms with van der Waals surface area (Å²) in [4.78, 5) is 28.0. The van der Waals surface area contributed by atoms with Gasteiger partial charge in [0.2, 0.25) is 0 Å². The monoisotopic (exact) mass is 482 g/mol. The second-order valence-corrected chi connectivity index (χ2v) is 8.60. The molecule has 1 fully saturated rings. The number of nitrogens with zero attached hydrogens (tertiary/aromatic N) is 2. The molecular formula is C17H21ClFIN2O3. The van der Waals surface area contributed by atoms with Gasteiger partial charge in [-0.1, -0.05) is 11.6 Å². The summed E-state index contributed by atoms with van der Waals surface area (Å²) in [5, 5.41) is 0.0897. The number of carbonyl (C=O) groups is 2. The van der Waals surface area contributed by atoms with Gasteiger partial charge in [-0.05, 0) is 61.9 Å². The Bertz CT molecular complexity index is 693. The Morgan fingerprint density at radius 3 is 2.64 bits per heavy atom. The predicted molar refractivity (Wildman–Crippen MR) is 102 cm³/mol. The highest BCUT2D eigenvalue weighted by molar-refractivity contribution is 14.1. The number of hydrogen-bond acceptors (Lipinski definition) is 3. The summed E-state index contributed by atoms with van der Waals surface area (Å²) in [6.45, 7) is 6.31. The Kier molecular flexibility index (Phi) is 6.19. The second kappa shape index (κ2) is 7.65. The quantitative estimate of drug-likeness (QED) is 0.470. The van der Waals surface area contributed by atoms with Crippen LogP contribution in [-0.4, -0.2) is 53.6 Å². The third-order valence-electron chi connectivity index (χ3n) is 3.92. The summed E-state index contributed by atoms with van der Waals surface area (Å²) in [5.41, 5.74) is -0.300. The number of carbonyl (C=O) groups excluding carboxylic acids is 2. The van der Waals surface area contributed by atoms with Gasteiger partial charge in [0.1, 0.15) is 11.4 Å². The van der Waals surface area contributed by atoms with Crippen molar-refractivity contribution >= 4 is 46.2 Å². The van der Waals surface area contributed by atoms with E-state index in [0.717, 1.165) is 6.07 Å². The molecule has 2 amide bonds. The molecule has 1 aromatic carbocycles. The number of amides is 2. The average Bonchev–Trinajstić information content (AvgIpc) is 2.97. The third-order valence-corrected chi connectivity index (χ3v) is 5.06. The van der Waals surface area contributed by atoms with Gasteiger partial charge in [0.15, 0.2) is 0 Å². The molecule has 1 heterocycles. The van der Waals surface area contributed by atoms with Gasteiger partial charge in [-0.15, -0.1) is 0 Å². The second-order valence-electron chi connectivity index (χ2n) is 7.03. The molecule has 0 radical (unpaired) electrons. The summed E-state index contributed by atoms with van der Waals surface area (Å²) in [7, 11) is 1.67. The van der Waals surface area contributed by atoms with Crippen LogP contribution in [0.4, 0.5) is 9.18 Å². The number of likely N-dealkylation sites (tertiary alicyclic amines) is 1. The van der Waals surface area contributed by atoms with E-state index in [2.05, 4.69) is 0 Å². The van der Waals surface area contributed by atoms with Crippen LogP contribution in [0, 0.1) is 9.39 Å². The topological polar surface area (TPSA) is 49.9 Å². The van der Waals surface area contributed by atoms with E-state index < -0.39 is 17.5 Å². The smallest absolute Gasteiger partial charge is 0.410 e. The fourth-order valence-corrected chi connectivity index (χ4v) is 3.28. The molecule has 1 saturated heterocycles. The minimum atomic E-state index is -0.572. The Morgan fingerprint density at radius 2 is 2.04 bits per heavy atom. The number of benzene rings is 1. The molecule has 0 unspecified atom stereocenters. The zero-order valence-corrected chi connectivity index (χ0v) is 17.5. The van der Waals surface area contributed by atoms with Crippen molar-refractivity contribution in [3.63, 3.8) is 0 Å². The van der Waals surface area contributed by atoms with Crippen molar-refractivity contribution in [1.82, 2.24) is 9.80 Å². The molecule has 8 heteroatoms. The minimum Gasteiger partial charge on any atom is -0.444 e. The zero-order chi connectivity index (χ0) is 18.9. The number of halogens is 3. The van der Waals surface area contributed by atoms with Gasteiger partial charge in [0, 0.05) is 23.7 Å². The van der Waals surface area contributed by atoms with Crippen molar-refractivity contribution in [3.05, 3.63) is 32.1 Å². The van der Waals surface area contributed by atoms with Crippen LogP contribution in [0.5, 0.6) is 0 Å². The molecule has 1 aliphatic heterocycles. The number of ether oxygens (including phenoxy) is 1. The van der Waals surface area contributed by atoms with Crippen LogP contribution >= 0.6 is 34.2 Å². The summed E-state index contributed by atoms with van der Waals surface area (Å²) < 4.78 is 19.2. The summed E-state index contributed by atoms with van der Waals surface area (Å²) >= 11 is 7.85. The molecular weight excluding hydrogens is 462 g/mol. The highest BCUT2D eigenvalue weighted by Crippen LogP contribution is 2.26. The molecule has 138 valence electrons. The van der Waals surface area contributed by atoms with Crippen molar-refractivity contribution in [3.8, 4) is 0 Å². The molecule has 1 atom stereocenters. The van der Waals surface area contributed by atoms with Crippen LogP contribution in [0.1, 0.15) is 37.6 Å². The van der Waals surface area contributed by atoms with Gasteiger partial charge in [-0.3, -0.25) is 4.79 Å². The summed E-state index contributed by atoms with van der Waals surface area (Å²) in [6, 6.07) is 2.47. The molecule has 1 aromatic rings. The fraction of sp³-hybridized carbons (Fsp3) is 0.529. The molecule has 5 nitrogen and oxygen atoms in total. The predicted octanol–water partition coefficient (Wildman–Crippen LogP) is 4.17. The Morgan fingerprint density at radius 1 is 1.40 bits per heavy atom. The number of hydrogen-bond donors (Lipinski definition) is 0. The maximum absolute atomic E-state index is 13.5. The van der Waals surface area contributed by atoms with Crippen LogP contribution in [0.3, 0.4) is 0 Å². The zero-order valence-electron chi connectivity index (χ0n) is 14.6. The number of likely N-dealkylation sites (N-methyl/N-ethyl adjacent to an activating group) is 1. The highest BCUT2D eigenvalue weighted by atomic mass is 127. The minimum absolute atomic E-state index is 0.0897. The van der Waals surface area contributed by atoms with E-state index in [1.165, 1.54) is 11.0 Å². The molecule has 0 saturated carbocycles. The van der Waals surface area contributed by atoms with E-state index in [-0.39, 0.29) is 22.5 Å². The van der Waals surface area contributed by atoms with E-state index in [1.807, 2.05) is 22.6 Å². The lowest BCUT2D eigenvalue weighted by molar-refractivity contribution is 0.0226. The average molecular weight is 483 g/mol. The highest BCUT2D eigenvalue weighted by Gasteiger charge is 2.34. The molecule has 0 aromatic heterocycles. The summed E-state index contributed by atoms with van der Waals surface area (Å²) in [6.07, 6.45) is 0.235. The van der Waals surface area contributed by atoms with Gasteiger partial charge in [-0.25, -0.2) is 9.18 Å². The molecule has 25 heavy (non-hydrogen) atoms. The van der Waals surface area contributed by atoms with Gasteiger partial charge in [-0.2, -0.15) is 0 Å². The van der Waals surface area contributed by atoms with Gasteiger partial charge >= 0.3 is 6.09 Å². The van der Waals surface area contributed by atoms with Crippen LogP contribution < -0.4 is 0 Å². The van der Waals surface area contributed by atoms with Crippen molar-refractivity contribution in [2.45, 2.75) is 38.8 Å². The summed E-state index contributed by atoms with van der Waals surface area (Å²) in [5.74, 6) is -0.714. The third kappa shape index (κ3) is 4.97. The van der Waals surface area contributed by atoms with Gasteiger partial charge in [0.05, 0.1) is 16.6 Å². The lowest BCUT2D eigenvalue weighted by Gasteiger charge is -2.28. The maximum Gasteiger partial charge on any atom is 0.410 e. The van der Waals surface area contributed by atoms with E-state index in [4.69, 9.17) is 16.3 Å². The van der Waals surface area contributed by atoms with Crippen molar-refractivity contribution < 1.29 is 18.7 Å². The molecule has 2 rings (SSSR count). The standard InChI is InChI=1S/C17H21ClFIN2O3/c1-17(2,3)25-16(24)21(4)10-5-6-22(9-10)15(23)11-7-14(20)13(19)8-12(11)18/h7-8,10H,5-6,9H2,1-4H3/t10-/m0/s1. The van der Waals surface area contributed by atoms with E-state index in [9.17, 15) is 14.0 Å². The van der Waals surface area contributed by atoms with E-state index in [0.29, 0.717) is 23.1 Å². The first kappa shape index (κ1) is 20.2. The van der Waals surface area contributed by atoms with Crippen molar-refractivity contribution in [2.75, 3.05) is 20.1 Å². The SMILES string of the molecule is CN(C(=O)OC(C)(C)C)[C@H]1CCN(C(=O)c2cc(I)c(F)cc2Cl)C1. The first-order valence-electron chi connectivity index (χ1n) is 7.89. The fourth-order valence-electron chi connectivity index (χ4n) is 2.58. The van der Waals surface area contributed by atoms with Crippen molar-refractivity contribution in [2.24, 2.45) is 0 Å². The van der Waals surface area contributed by atoms with Crippen LogP contribution in [0.2, 0.25) is 5.02 Å². The Labute approximate surface area is 165 Å². The molecule has 0 spiro atoms. The first-order valence-corrected chi connectivity index (χ1v) is 9.35. The lowest BCUT2D eigenvalue weighted by Crippen LogP contribution is -2.42. The van der Waals surface area contributed by atoms with E-state index in [1.54, 1.807) is 32.7 Å².